The summed E-state index contributed by atoms with van der Waals surface area (Å²) in [5.41, 5.74) is 4.39. The number of esters is 3. The lowest BCUT2D eigenvalue weighted by Crippen LogP contribution is -2.07. The fourth-order valence-electron chi connectivity index (χ4n) is 9.56. The van der Waals surface area contributed by atoms with Crippen LogP contribution in [0.25, 0.3) is 65.8 Å². The largest absolute Gasteiger partial charge is 0.508 e. The number of benzene rings is 7. The maximum atomic E-state index is 11.5. The highest BCUT2D eigenvalue weighted by atomic mass is 16.5. The third-order valence-electron chi connectivity index (χ3n) is 14.4. The number of carboxylic acid groups (broad SMARTS) is 1. The normalized spacial score (nSPS) is 10.4. The maximum Gasteiger partial charge on any atom is 0.339 e. The Hall–Kier alpha value is -14.1. The summed E-state index contributed by atoms with van der Waals surface area (Å²) in [6, 6.07) is 33.2. The molecule has 31 nitrogen and oxygen atoms in total. The number of ether oxygens (including phenoxy) is 6. The van der Waals surface area contributed by atoms with Crippen LogP contribution in [0, 0.1) is 0 Å². The van der Waals surface area contributed by atoms with E-state index in [0.717, 1.165) is 17.5 Å². The first-order chi connectivity index (χ1) is 51.3. The van der Waals surface area contributed by atoms with Crippen LogP contribution in [-0.2, 0) is 65.5 Å². The van der Waals surface area contributed by atoms with Crippen molar-refractivity contribution < 1.29 is 120 Å². The number of aromatic hydroxyl groups is 7. The van der Waals surface area contributed by atoms with Crippen LogP contribution in [0.4, 0.5) is 0 Å². The Bertz CT molecular complexity index is 5410. The molecule has 6 aromatic heterocycles. The number of methoxy groups -OCH3 is 2. The molecule has 0 unspecified atom stereocenters. The zero-order chi connectivity index (χ0) is 77.9. The number of rotatable bonds is 19. The summed E-state index contributed by atoms with van der Waals surface area (Å²) in [7, 11) is 3.04. The summed E-state index contributed by atoms with van der Waals surface area (Å²) in [4.78, 5) is 77.2. The van der Waals surface area contributed by atoms with Gasteiger partial charge in [-0.05, 0) is 155 Å². The molecule has 7 aromatic carbocycles. The fraction of sp³-hybridized carbons (Fsp3) is 0.197. The number of phenols is 5. The maximum absolute atomic E-state index is 11.5. The first kappa shape index (κ1) is 80.2. The Morgan fingerprint density at radius 2 is 0.804 bits per heavy atom. The third-order valence-corrected chi connectivity index (χ3v) is 14.4. The SMILES string of the molecule is C=CCOc1ccc2onc(CC(=O)OCC)c2c1.C=CCc1cc2onc(CC(=O)OCC)c2cc1O.CCOC(=O)Cc1noc2ccc(O)cc12.COc1ccc(O)c(C(C)=O)c1.COc1ccc2oc(=O)cc(O)c2c1.O=C(O)Cc1noc2ccc(O)cc12.O=c1cc(O)c2cc(O)ccc2o1. The van der Waals surface area contributed by atoms with E-state index < -0.39 is 17.2 Å². The Balaban J connectivity index is 0.000000175. The molecule has 6 heterocycles. The number of nitrogens with zero attached hydrogens (tertiary/aromatic N) is 4. The number of aliphatic carboxylic acids is 1. The first-order valence-corrected chi connectivity index (χ1v) is 32.1. The first-order valence-electron chi connectivity index (χ1n) is 32.1. The van der Waals surface area contributed by atoms with E-state index in [0.29, 0.717) is 133 Å². The fourth-order valence-corrected chi connectivity index (χ4v) is 9.56. The van der Waals surface area contributed by atoms with Crippen LogP contribution < -0.4 is 25.5 Å². The molecule has 0 aliphatic rings. The molecule has 31 heteroatoms. The van der Waals surface area contributed by atoms with E-state index >= 15 is 0 Å². The molecular weight excluding hydrogens is 1400 g/mol. The van der Waals surface area contributed by atoms with Gasteiger partial charge in [-0.25, -0.2) is 9.59 Å². The molecule has 558 valence electrons. The predicted molar refractivity (Wildman–Crippen MR) is 384 cm³/mol. The number of hydrogen-bond donors (Lipinski definition) is 8. The Labute approximate surface area is 605 Å². The van der Waals surface area contributed by atoms with Crippen molar-refractivity contribution in [3.05, 3.63) is 214 Å². The van der Waals surface area contributed by atoms with Crippen LogP contribution >= 0.6 is 0 Å². The van der Waals surface area contributed by atoms with Crippen LogP contribution in [0.15, 0.2) is 195 Å². The highest BCUT2D eigenvalue weighted by Gasteiger charge is 2.19. The number of phenolic OH excluding ortho intramolecular Hbond substituents is 5. The smallest absolute Gasteiger partial charge is 0.339 e. The molecule has 0 spiro atoms. The van der Waals surface area contributed by atoms with Gasteiger partial charge in [-0.15, -0.1) is 6.58 Å². The van der Waals surface area contributed by atoms with Crippen LogP contribution in [-0.4, -0.2) is 132 Å². The van der Waals surface area contributed by atoms with Crippen LogP contribution in [0.2, 0.25) is 0 Å². The number of carboxylic acids is 1. The molecule has 0 saturated carbocycles. The number of carbonyl (C=O) groups excluding carboxylic acids is 4. The molecular formula is C76H72N4O27. The van der Waals surface area contributed by atoms with Gasteiger partial charge >= 0.3 is 35.1 Å². The molecule has 13 rings (SSSR count). The van der Waals surface area contributed by atoms with E-state index in [9.17, 15) is 64.2 Å². The van der Waals surface area contributed by atoms with E-state index in [1.807, 2.05) is 0 Å². The van der Waals surface area contributed by atoms with Gasteiger partial charge in [-0.2, -0.15) is 0 Å². The summed E-state index contributed by atoms with van der Waals surface area (Å²) in [5, 5.41) is 92.5. The highest BCUT2D eigenvalue weighted by molar-refractivity contribution is 5.97. The van der Waals surface area contributed by atoms with Gasteiger partial charge in [-0.1, -0.05) is 39.4 Å². The van der Waals surface area contributed by atoms with Gasteiger partial charge in [0.05, 0.1) is 88.2 Å². The predicted octanol–water partition coefficient (Wildman–Crippen LogP) is 12.0. The second kappa shape index (κ2) is 38.8. The van der Waals surface area contributed by atoms with Gasteiger partial charge in [0.25, 0.3) is 0 Å². The quantitative estimate of drug-likeness (QED) is 0.0122. The number of allylic oxidation sites excluding steroid dienone is 1. The lowest BCUT2D eigenvalue weighted by Gasteiger charge is -2.03. The summed E-state index contributed by atoms with van der Waals surface area (Å²) in [5.74, 6) is -0.343. The zero-order valence-corrected chi connectivity index (χ0v) is 58.3. The van der Waals surface area contributed by atoms with Crippen molar-refractivity contribution in [2.75, 3.05) is 40.6 Å². The van der Waals surface area contributed by atoms with E-state index in [1.54, 1.807) is 99.7 Å². The van der Waals surface area contributed by atoms with Crippen molar-refractivity contribution in [3.63, 3.8) is 0 Å². The monoisotopic (exact) mass is 1470 g/mol. The van der Waals surface area contributed by atoms with Crippen LogP contribution in [0.3, 0.4) is 0 Å². The van der Waals surface area contributed by atoms with Crippen molar-refractivity contribution in [2.45, 2.75) is 59.8 Å². The van der Waals surface area contributed by atoms with Gasteiger partial charge in [-0.3, -0.25) is 24.0 Å². The Kier molecular flexibility index (Phi) is 29.1. The number of Topliss-reactive ketones (excluding diaryl/α,β-unsaturated/α-hetero) is 1. The van der Waals surface area contributed by atoms with E-state index in [4.69, 9.17) is 65.6 Å². The van der Waals surface area contributed by atoms with Gasteiger partial charge in [0, 0.05) is 27.1 Å². The van der Waals surface area contributed by atoms with Crippen LogP contribution in [0.5, 0.6) is 57.5 Å². The third kappa shape index (κ3) is 22.9. The second-order valence-corrected chi connectivity index (χ2v) is 22.0. The van der Waals surface area contributed by atoms with Crippen molar-refractivity contribution >= 4 is 95.5 Å². The molecule has 8 N–H and O–H groups in total. The minimum Gasteiger partial charge on any atom is -0.508 e. The molecule has 0 bridgehead atoms. The van der Waals surface area contributed by atoms with E-state index in [-0.39, 0.29) is 101 Å². The molecule has 13 aromatic rings. The standard InChI is InChI=1S/2C14H15NO4.C11H11NO4.C10H8O4.C9H7NO4.C9H6O4.C9H10O3/c1-3-7-18-10-5-6-13-11(8-10)12(15-19-13)9-14(16)17-4-2;1-3-5-9-6-13-10(7-12(9)16)11(15-19-13)8-14(17)18-4-2;1-2-15-11(14)6-9-8-5-7(13)3-4-10(8)16-12-9;1-13-6-2-3-9-7(4-6)8(11)5-10(12)14-9;11-5-1-2-8-6(3-5)7(10-14-8)4-9(12)13;10-5-1-2-8-6(3-5)7(11)4-9(12)13-8;1-6(10)8-5-7(12-2)3-4-9(8)11/h3,5-6,8H,1,4,7,9H2,2H3;3,6-7,16H,1,4-5,8H2,2H3;3-5,13H,2,6H2,1H3;2-5,11H,1H3;1-3,11H,4H2,(H,12,13);1-4,10-11H;3-5,11H,1-2H3. The average molecular weight is 1470 g/mol. The number of aromatic nitrogens is 4. The van der Waals surface area contributed by atoms with Crippen molar-refractivity contribution in [2.24, 2.45) is 0 Å². The number of hydrogen-bond acceptors (Lipinski definition) is 30. The summed E-state index contributed by atoms with van der Waals surface area (Å²) >= 11 is 0. The van der Waals surface area contributed by atoms with Gasteiger partial charge in [0.15, 0.2) is 28.1 Å². The minimum atomic E-state index is -0.983. The topological polar surface area (TPSA) is 467 Å². The molecule has 0 radical (unpaired) electrons. The second-order valence-electron chi connectivity index (χ2n) is 22.0. The van der Waals surface area contributed by atoms with Crippen molar-refractivity contribution in [3.8, 4) is 57.5 Å². The summed E-state index contributed by atoms with van der Waals surface area (Å²) in [6.07, 6.45) is 3.84. The molecule has 0 atom stereocenters. The molecule has 0 fully saturated rings. The highest BCUT2D eigenvalue weighted by Crippen LogP contribution is 2.32. The van der Waals surface area contributed by atoms with Gasteiger partial charge in [0.2, 0.25) is 0 Å². The number of fused-ring (bicyclic) bond motifs is 6. The van der Waals surface area contributed by atoms with Crippen molar-refractivity contribution in [1.29, 1.82) is 0 Å². The molecule has 0 aliphatic heterocycles. The van der Waals surface area contributed by atoms with Crippen molar-refractivity contribution in [1.82, 2.24) is 20.6 Å². The number of ketones is 1. The number of carbonyl (C=O) groups is 5. The Morgan fingerprint density at radius 3 is 1.25 bits per heavy atom. The zero-order valence-electron chi connectivity index (χ0n) is 58.3. The Morgan fingerprint density at radius 1 is 0.421 bits per heavy atom. The summed E-state index contributed by atoms with van der Waals surface area (Å²) in [6.45, 7) is 15.3. The lowest BCUT2D eigenvalue weighted by atomic mass is 10.1. The van der Waals surface area contributed by atoms with E-state index in [2.05, 4.69) is 33.8 Å². The summed E-state index contributed by atoms with van der Waals surface area (Å²) < 4.78 is 59.7. The van der Waals surface area contributed by atoms with E-state index in [1.165, 1.54) is 75.7 Å². The van der Waals surface area contributed by atoms with Crippen LogP contribution in [0.1, 0.15) is 66.4 Å². The van der Waals surface area contributed by atoms with Gasteiger partial charge < -0.3 is 96.2 Å². The molecule has 0 aliphatic carbocycles. The lowest BCUT2D eigenvalue weighted by molar-refractivity contribution is -0.143. The molecule has 0 saturated heterocycles. The minimum absolute atomic E-state index is 0.0108. The average Bonchev–Trinajstić information content (AvgIpc) is 1.79. The van der Waals surface area contributed by atoms with Gasteiger partial charge in [0.1, 0.15) is 98.0 Å². The molecule has 0 amide bonds. The molecule has 107 heavy (non-hydrogen) atoms.